The van der Waals surface area contributed by atoms with Crippen LogP contribution in [0.2, 0.25) is 0 Å². The summed E-state index contributed by atoms with van der Waals surface area (Å²) >= 11 is 0. The first kappa shape index (κ1) is 13.0. The Kier molecular flexibility index (Phi) is 3.97. The van der Waals surface area contributed by atoms with Crippen molar-refractivity contribution in [2.45, 2.75) is 32.7 Å². The maximum absolute atomic E-state index is 12.3. The molecule has 1 fully saturated rings. The number of nitrogens with zero attached hydrogens (tertiary/aromatic N) is 1. The van der Waals surface area contributed by atoms with Crippen molar-refractivity contribution in [1.82, 2.24) is 15.6 Å². The lowest BCUT2D eigenvalue weighted by atomic mass is 9.81. The van der Waals surface area contributed by atoms with Gasteiger partial charge in [0.05, 0.1) is 17.2 Å². The van der Waals surface area contributed by atoms with E-state index in [1.165, 1.54) is 0 Å². The fourth-order valence-corrected chi connectivity index (χ4v) is 2.33. The van der Waals surface area contributed by atoms with Crippen LogP contribution in [0.25, 0.3) is 0 Å². The summed E-state index contributed by atoms with van der Waals surface area (Å²) in [4.78, 5) is 16.6. The Bertz CT molecular complexity index is 399. The predicted octanol–water partition coefficient (Wildman–Crippen LogP) is 1.65. The van der Waals surface area contributed by atoms with Crippen LogP contribution in [0, 0.1) is 5.41 Å². The van der Waals surface area contributed by atoms with Crippen LogP contribution in [0.4, 0.5) is 0 Å². The van der Waals surface area contributed by atoms with Gasteiger partial charge in [0.15, 0.2) is 0 Å². The standard InChI is InChI=1S/C14H21N3O/c1-11(12-6-3-4-9-16-12)17-13(18)14(2)7-5-8-15-10-14/h3-4,6,9,11,15H,5,7-8,10H2,1-2H3,(H,17,18)/t11-,14?/m0/s1. The van der Waals surface area contributed by atoms with Gasteiger partial charge >= 0.3 is 0 Å². The van der Waals surface area contributed by atoms with Crippen molar-refractivity contribution in [3.05, 3.63) is 30.1 Å². The van der Waals surface area contributed by atoms with Crippen LogP contribution < -0.4 is 10.6 Å². The Morgan fingerprint density at radius 1 is 1.56 bits per heavy atom. The fraction of sp³-hybridized carbons (Fsp3) is 0.571. The molecule has 2 rings (SSSR count). The van der Waals surface area contributed by atoms with Gasteiger partial charge in [-0.15, -0.1) is 0 Å². The maximum Gasteiger partial charge on any atom is 0.227 e. The summed E-state index contributed by atoms with van der Waals surface area (Å²) in [5, 5.41) is 6.36. The highest BCUT2D eigenvalue weighted by Gasteiger charge is 2.35. The highest BCUT2D eigenvalue weighted by atomic mass is 16.2. The fourth-order valence-electron chi connectivity index (χ4n) is 2.33. The van der Waals surface area contributed by atoms with Gasteiger partial charge in [-0.05, 0) is 45.4 Å². The van der Waals surface area contributed by atoms with Gasteiger partial charge in [0.25, 0.3) is 0 Å². The molecule has 0 aliphatic carbocycles. The summed E-state index contributed by atoms with van der Waals surface area (Å²) in [5.41, 5.74) is 0.611. The lowest BCUT2D eigenvalue weighted by molar-refractivity contribution is -0.131. The summed E-state index contributed by atoms with van der Waals surface area (Å²) in [5.74, 6) is 0.118. The molecule has 1 amide bonds. The van der Waals surface area contributed by atoms with Crippen molar-refractivity contribution in [3.63, 3.8) is 0 Å². The summed E-state index contributed by atoms with van der Waals surface area (Å²) in [6.07, 6.45) is 3.75. The molecule has 1 aromatic heterocycles. The average Bonchev–Trinajstić information content (AvgIpc) is 2.40. The lowest BCUT2D eigenvalue weighted by Gasteiger charge is -2.33. The van der Waals surface area contributed by atoms with Crippen molar-refractivity contribution in [3.8, 4) is 0 Å². The van der Waals surface area contributed by atoms with Crippen molar-refractivity contribution >= 4 is 5.91 Å². The molecule has 1 saturated heterocycles. The molecule has 0 aromatic carbocycles. The molecule has 2 heterocycles. The second-order valence-electron chi connectivity index (χ2n) is 5.29. The van der Waals surface area contributed by atoms with E-state index in [-0.39, 0.29) is 17.4 Å². The molecule has 18 heavy (non-hydrogen) atoms. The first-order chi connectivity index (χ1) is 8.62. The Morgan fingerprint density at radius 2 is 2.39 bits per heavy atom. The zero-order chi connectivity index (χ0) is 13.0. The molecule has 1 aliphatic heterocycles. The minimum absolute atomic E-state index is 0.0440. The second kappa shape index (κ2) is 5.48. The molecular formula is C14H21N3O. The number of nitrogens with one attached hydrogen (secondary N) is 2. The quantitative estimate of drug-likeness (QED) is 0.854. The summed E-state index contributed by atoms with van der Waals surface area (Å²) in [7, 11) is 0. The van der Waals surface area contributed by atoms with Gasteiger partial charge in [-0.25, -0.2) is 0 Å². The first-order valence-electron chi connectivity index (χ1n) is 6.54. The molecule has 2 N–H and O–H groups in total. The number of pyridine rings is 1. The largest absolute Gasteiger partial charge is 0.347 e. The van der Waals surface area contributed by atoms with E-state index in [1.54, 1.807) is 6.20 Å². The summed E-state index contributed by atoms with van der Waals surface area (Å²) in [6.45, 7) is 5.77. The van der Waals surface area contributed by atoms with Crippen molar-refractivity contribution in [2.24, 2.45) is 5.41 Å². The topological polar surface area (TPSA) is 54.0 Å². The van der Waals surface area contributed by atoms with Gasteiger partial charge in [-0.3, -0.25) is 9.78 Å². The molecule has 98 valence electrons. The van der Waals surface area contributed by atoms with E-state index < -0.39 is 0 Å². The van der Waals surface area contributed by atoms with Gasteiger partial charge < -0.3 is 10.6 Å². The van der Waals surface area contributed by atoms with Crippen molar-refractivity contribution in [2.75, 3.05) is 13.1 Å². The molecule has 0 bridgehead atoms. The minimum Gasteiger partial charge on any atom is -0.347 e. The van der Waals surface area contributed by atoms with Crippen molar-refractivity contribution in [1.29, 1.82) is 0 Å². The number of carbonyl (C=O) groups is 1. The zero-order valence-corrected chi connectivity index (χ0v) is 11.1. The lowest BCUT2D eigenvalue weighted by Crippen LogP contribution is -2.49. The summed E-state index contributed by atoms with van der Waals surface area (Å²) < 4.78 is 0. The third-order valence-corrected chi connectivity index (χ3v) is 3.62. The van der Waals surface area contributed by atoms with E-state index in [4.69, 9.17) is 0 Å². The number of rotatable bonds is 3. The van der Waals surface area contributed by atoms with Crippen LogP contribution in [-0.4, -0.2) is 24.0 Å². The van der Waals surface area contributed by atoms with Gasteiger partial charge in [0.1, 0.15) is 0 Å². The van der Waals surface area contributed by atoms with E-state index in [9.17, 15) is 4.79 Å². The Labute approximate surface area is 108 Å². The number of aromatic nitrogens is 1. The van der Waals surface area contributed by atoms with Gasteiger partial charge in [0.2, 0.25) is 5.91 Å². The Balaban J connectivity index is 1.98. The molecule has 0 radical (unpaired) electrons. The number of piperidine rings is 1. The minimum atomic E-state index is -0.290. The molecular weight excluding hydrogens is 226 g/mol. The van der Waals surface area contributed by atoms with Crippen molar-refractivity contribution < 1.29 is 4.79 Å². The van der Waals surface area contributed by atoms with E-state index in [0.717, 1.165) is 31.6 Å². The number of hydrogen-bond donors (Lipinski definition) is 2. The Hall–Kier alpha value is -1.42. The van der Waals surface area contributed by atoms with E-state index >= 15 is 0 Å². The molecule has 0 spiro atoms. The van der Waals surface area contributed by atoms with Gasteiger partial charge in [0, 0.05) is 12.7 Å². The molecule has 2 atom stereocenters. The van der Waals surface area contributed by atoms with Crippen LogP contribution >= 0.6 is 0 Å². The second-order valence-corrected chi connectivity index (χ2v) is 5.29. The highest BCUT2D eigenvalue weighted by Crippen LogP contribution is 2.26. The monoisotopic (exact) mass is 247 g/mol. The number of amides is 1. The predicted molar refractivity (Wildman–Crippen MR) is 71.0 cm³/mol. The molecule has 4 nitrogen and oxygen atoms in total. The van der Waals surface area contributed by atoms with Gasteiger partial charge in [-0.2, -0.15) is 0 Å². The van der Waals surface area contributed by atoms with E-state index in [0.29, 0.717) is 0 Å². The molecule has 1 aliphatic rings. The van der Waals surface area contributed by atoms with Crippen LogP contribution in [0.3, 0.4) is 0 Å². The SMILES string of the molecule is C[C@H](NC(=O)C1(C)CCCNC1)c1ccccn1. The highest BCUT2D eigenvalue weighted by molar-refractivity contribution is 5.83. The van der Waals surface area contributed by atoms with Crippen LogP contribution in [-0.2, 0) is 4.79 Å². The van der Waals surface area contributed by atoms with Crippen LogP contribution in [0.15, 0.2) is 24.4 Å². The summed E-state index contributed by atoms with van der Waals surface area (Å²) in [6, 6.07) is 5.71. The van der Waals surface area contributed by atoms with Crippen LogP contribution in [0.1, 0.15) is 38.4 Å². The first-order valence-corrected chi connectivity index (χ1v) is 6.54. The normalized spacial score (nSPS) is 25.4. The van der Waals surface area contributed by atoms with Crippen LogP contribution in [0.5, 0.6) is 0 Å². The third kappa shape index (κ3) is 2.88. The number of hydrogen-bond acceptors (Lipinski definition) is 3. The molecule has 4 heteroatoms. The number of carbonyl (C=O) groups excluding carboxylic acids is 1. The van der Waals surface area contributed by atoms with Gasteiger partial charge in [-0.1, -0.05) is 6.07 Å². The molecule has 1 unspecified atom stereocenters. The maximum atomic E-state index is 12.3. The Morgan fingerprint density at radius 3 is 3.00 bits per heavy atom. The molecule has 0 saturated carbocycles. The van der Waals surface area contributed by atoms with E-state index in [2.05, 4.69) is 15.6 Å². The smallest absolute Gasteiger partial charge is 0.227 e. The zero-order valence-electron chi connectivity index (χ0n) is 11.1. The van der Waals surface area contributed by atoms with E-state index in [1.807, 2.05) is 32.0 Å². The third-order valence-electron chi connectivity index (χ3n) is 3.62. The average molecular weight is 247 g/mol. The molecule has 1 aromatic rings.